The van der Waals surface area contributed by atoms with Crippen LogP contribution in [0.15, 0.2) is 42.5 Å². The minimum atomic E-state index is -0.0444. The maximum Gasteiger partial charge on any atom is 0.170 e. The first-order valence-electron chi connectivity index (χ1n) is 9.09. The topological polar surface area (TPSA) is 35.5 Å². The van der Waals surface area contributed by atoms with E-state index in [0.29, 0.717) is 11.8 Å². The van der Waals surface area contributed by atoms with Gasteiger partial charge in [-0.2, -0.15) is 0 Å². The van der Waals surface area contributed by atoms with Gasteiger partial charge in [-0.15, -0.1) is 0 Å². The van der Waals surface area contributed by atoms with E-state index in [2.05, 4.69) is 18.2 Å². The Balaban J connectivity index is 1.80. The Labute approximate surface area is 149 Å². The number of rotatable bonds is 3. The highest BCUT2D eigenvalue weighted by Gasteiger charge is 2.43. The van der Waals surface area contributed by atoms with Crippen LogP contribution in [-0.4, -0.2) is 20.0 Å². The lowest BCUT2D eigenvalue weighted by molar-refractivity contribution is 0.0873. The predicted octanol–water partition coefficient (Wildman–Crippen LogP) is 4.96. The van der Waals surface area contributed by atoms with Crippen LogP contribution in [0.25, 0.3) is 0 Å². The third-order valence-electron chi connectivity index (χ3n) is 5.93. The molecule has 2 aliphatic rings. The van der Waals surface area contributed by atoms with Crippen molar-refractivity contribution >= 4 is 5.78 Å². The molecule has 4 rings (SSSR count). The lowest BCUT2D eigenvalue weighted by Gasteiger charge is -2.42. The molecule has 3 atom stereocenters. The minimum Gasteiger partial charge on any atom is -0.497 e. The molecule has 3 nitrogen and oxygen atoms in total. The van der Waals surface area contributed by atoms with Crippen LogP contribution < -0.4 is 9.47 Å². The van der Waals surface area contributed by atoms with Crippen LogP contribution in [0, 0.1) is 5.92 Å². The summed E-state index contributed by atoms with van der Waals surface area (Å²) in [4.78, 5) is 13.4. The largest absolute Gasteiger partial charge is 0.497 e. The summed E-state index contributed by atoms with van der Waals surface area (Å²) in [7, 11) is 3.35. The zero-order valence-corrected chi connectivity index (χ0v) is 14.8. The van der Waals surface area contributed by atoms with Crippen LogP contribution in [0.4, 0.5) is 0 Å². The van der Waals surface area contributed by atoms with Gasteiger partial charge in [0.2, 0.25) is 0 Å². The number of hydrogen-bond donors (Lipinski definition) is 0. The molecule has 130 valence electrons. The molecule has 3 heteroatoms. The van der Waals surface area contributed by atoms with Gasteiger partial charge in [-0.25, -0.2) is 0 Å². The second kappa shape index (κ2) is 6.55. The summed E-state index contributed by atoms with van der Waals surface area (Å²) in [5.74, 6) is 2.72. The van der Waals surface area contributed by atoms with E-state index in [1.807, 2.05) is 24.3 Å². The van der Waals surface area contributed by atoms with Gasteiger partial charge in [-0.1, -0.05) is 25.0 Å². The van der Waals surface area contributed by atoms with Gasteiger partial charge in [0.05, 0.1) is 20.1 Å². The van der Waals surface area contributed by atoms with Crippen LogP contribution in [0.2, 0.25) is 0 Å². The van der Waals surface area contributed by atoms with Crippen LogP contribution in [0.1, 0.15) is 59.0 Å². The summed E-state index contributed by atoms with van der Waals surface area (Å²) >= 11 is 0. The molecular weight excluding hydrogens is 312 g/mol. The van der Waals surface area contributed by atoms with Gasteiger partial charge in [0, 0.05) is 5.56 Å². The fourth-order valence-corrected chi connectivity index (χ4v) is 4.72. The van der Waals surface area contributed by atoms with Gasteiger partial charge in [0.1, 0.15) is 11.5 Å². The third-order valence-corrected chi connectivity index (χ3v) is 5.93. The zero-order valence-electron chi connectivity index (χ0n) is 14.8. The minimum absolute atomic E-state index is 0.0444. The molecule has 0 bridgehead atoms. The van der Waals surface area contributed by atoms with Gasteiger partial charge >= 0.3 is 0 Å². The molecule has 0 radical (unpaired) electrons. The summed E-state index contributed by atoms with van der Waals surface area (Å²) in [6.07, 6.45) is 4.72. The van der Waals surface area contributed by atoms with Crippen LogP contribution in [0.3, 0.4) is 0 Å². The van der Waals surface area contributed by atoms with Crippen molar-refractivity contribution in [1.82, 2.24) is 0 Å². The summed E-state index contributed by atoms with van der Waals surface area (Å²) in [6.45, 7) is 0. The smallest absolute Gasteiger partial charge is 0.170 e. The summed E-state index contributed by atoms with van der Waals surface area (Å²) in [5.41, 5.74) is 3.19. The molecule has 0 saturated heterocycles. The van der Waals surface area contributed by atoms with Crippen LogP contribution in [-0.2, 0) is 0 Å². The molecule has 0 aliphatic heterocycles. The second-order valence-corrected chi connectivity index (χ2v) is 7.12. The monoisotopic (exact) mass is 336 g/mol. The van der Waals surface area contributed by atoms with Crippen molar-refractivity contribution in [2.75, 3.05) is 14.2 Å². The molecule has 0 spiro atoms. The van der Waals surface area contributed by atoms with E-state index in [-0.39, 0.29) is 11.7 Å². The quantitative estimate of drug-likeness (QED) is 0.795. The maximum absolute atomic E-state index is 13.4. The number of methoxy groups -OCH3 is 2. The molecule has 0 heterocycles. The maximum atomic E-state index is 13.4. The Morgan fingerprint density at radius 2 is 1.56 bits per heavy atom. The number of ether oxygens (including phenoxy) is 2. The molecule has 2 aromatic carbocycles. The number of fused-ring (bicyclic) bond motifs is 3. The highest BCUT2D eigenvalue weighted by molar-refractivity contribution is 6.04. The van der Waals surface area contributed by atoms with Crippen LogP contribution in [0.5, 0.6) is 11.5 Å². The SMILES string of the molecule is COc1ccc(C2C(=O)c3ccc(OC)cc3[C@@H]3CCCC[C@H]23)cc1. The summed E-state index contributed by atoms with van der Waals surface area (Å²) < 4.78 is 10.7. The van der Waals surface area contributed by atoms with Crippen molar-refractivity contribution in [3.8, 4) is 11.5 Å². The van der Waals surface area contributed by atoms with Gasteiger partial charge in [-0.3, -0.25) is 4.79 Å². The van der Waals surface area contributed by atoms with Gasteiger partial charge in [0.25, 0.3) is 0 Å². The number of carbonyl (C=O) groups is 1. The van der Waals surface area contributed by atoms with E-state index in [0.717, 1.165) is 35.5 Å². The number of carbonyl (C=O) groups excluding carboxylic acids is 1. The first-order chi connectivity index (χ1) is 12.2. The van der Waals surface area contributed by atoms with Crippen LogP contribution >= 0.6 is 0 Å². The van der Waals surface area contributed by atoms with E-state index < -0.39 is 0 Å². The molecule has 0 N–H and O–H groups in total. The highest BCUT2D eigenvalue weighted by atomic mass is 16.5. The molecular formula is C22H24O3. The highest BCUT2D eigenvalue weighted by Crippen LogP contribution is 2.51. The molecule has 25 heavy (non-hydrogen) atoms. The summed E-state index contributed by atoms with van der Waals surface area (Å²) in [6, 6.07) is 14.0. The molecule has 0 aromatic heterocycles. The van der Waals surface area contributed by atoms with Crippen molar-refractivity contribution in [1.29, 1.82) is 0 Å². The van der Waals surface area contributed by atoms with Gasteiger partial charge in [0.15, 0.2) is 5.78 Å². The molecule has 2 aliphatic carbocycles. The normalized spacial score (nSPS) is 25.0. The van der Waals surface area contributed by atoms with Crippen molar-refractivity contribution in [3.05, 3.63) is 59.2 Å². The Morgan fingerprint density at radius 1 is 0.880 bits per heavy atom. The zero-order chi connectivity index (χ0) is 17.4. The first kappa shape index (κ1) is 16.2. The molecule has 1 unspecified atom stereocenters. The average Bonchev–Trinajstić information content (AvgIpc) is 2.68. The van der Waals surface area contributed by atoms with Crippen molar-refractivity contribution in [2.45, 2.75) is 37.5 Å². The standard InChI is InChI=1S/C22H24O3/c1-24-15-9-7-14(8-10-15)21-18-6-4-3-5-17(18)20-13-16(25-2)11-12-19(20)22(21)23/h7-13,17-18,21H,3-6H2,1-2H3/t17-,18+,21?/m1/s1. The number of benzene rings is 2. The van der Waals surface area contributed by atoms with Crippen molar-refractivity contribution in [2.24, 2.45) is 5.92 Å². The number of ketones is 1. The second-order valence-electron chi connectivity index (χ2n) is 7.12. The Bertz CT molecular complexity index is 778. The molecule has 1 fully saturated rings. The Morgan fingerprint density at radius 3 is 2.28 bits per heavy atom. The van der Waals surface area contributed by atoms with E-state index in [4.69, 9.17) is 9.47 Å². The summed E-state index contributed by atoms with van der Waals surface area (Å²) in [5, 5.41) is 0. The average molecular weight is 336 g/mol. The van der Waals surface area contributed by atoms with E-state index in [1.165, 1.54) is 18.4 Å². The fourth-order valence-electron chi connectivity index (χ4n) is 4.72. The first-order valence-corrected chi connectivity index (χ1v) is 9.09. The van der Waals surface area contributed by atoms with E-state index in [1.54, 1.807) is 14.2 Å². The van der Waals surface area contributed by atoms with Crippen molar-refractivity contribution in [3.63, 3.8) is 0 Å². The predicted molar refractivity (Wildman–Crippen MR) is 97.8 cm³/mol. The Hall–Kier alpha value is -2.29. The molecule has 2 aromatic rings. The fraction of sp³-hybridized carbons (Fsp3) is 0.409. The van der Waals surface area contributed by atoms with Crippen molar-refractivity contribution < 1.29 is 14.3 Å². The molecule has 1 saturated carbocycles. The lowest BCUT2D eigenvalue weighted by atomic mass is 9.61. The van der Waals surface area contributed by atoms with Gasteiger partial charge < -0.3 is 9.47 Å². The van der Waals surface area contributed by atoms with E-state index in [9.17, 15) is 4.79 Å². The Kier molecular flexibility index (Phi) is 4.24. The van der Waals surface area contributed by atoms with E-state index >= 15 is 0 Å². The number of hydrogen-bond acceptors (Lipinski definition) is 3. The number of Topliss-reactive ketones (excluding diaryl/α,β-unsaturated/α-hetero) is 1. The third kappa shape index (κ3) is 2.72. The van der Waals surface area contributed by atoms with Gasteiger partial charge in [-0.05, 0) is 66.1 Å². The molecule has 0 amide bonds. The lowest BCUT2D eigenvalue weighted by Crippen LogP contribution is -2.35.